The Morgan fingerprint density at radius 1 is 1.44 bits per heavy atom. The van der Waals surface area contributed by atoms with Crippen LogP contribution in [0, 0.1) is 28.4 Å². The molecule has 90 valence electrons. The van der Waals surface area contributed by atoms with Crippen molar-refractivity contribution in [3.63, 3.8) is 0 Å². The largest absolute Gasteiger partial charge is 0.358 e. The molecular weight excluding hydrogens is 232 g/mol. The Hall–Kier alpha value is -2.68. The first-order valence-corrected chi connectivity index (χ1v) is 5.27. The number of hydrogen-bond acceptors (Lipinski definition) is 4. The highest BCUT2D eigenvalue weighted by atomic mass is 16.6. The van der Waals surface area contributed by atoms with Crippen molar-refractivity contribution in [2.45, 2.75) is 13.5 Å². The van der Waals surface area contributed by atoms with Crippen LogP contribution in [0.1, 0.15) is 17.0 Å². The lowest BCUT2D eigenvalue weighted by atomic mass is 10.1. The Morgan fingerprint density at radius 2 is 2.11 bits per heavy atom. The zero-order valence-corrected chi connectivity index (χ0v) is 9.70. The maximum absolute atomic E-state index is 10.8. The molecular formula is C12H10N4O2. The van der Waals surface area contributed by atoms with Crippen molar-refractivity contribution in [2.24, 2.45) is 0 Å². The molecule has 0 saturated heterocycles. The smallest absolute Gasteiger partial charge is 0.343 e. The Bertz CT molecular complexity index is 623. The van der Waals surface area contributed by atoms with E-state index in [0.717, 1.165) is 5.56 Å². The van der Waals surface area contributed by atoms with Crippen molar-refractivity contribution >= 4 is 5.82 Å². The molecule has 0 radical (unpaired) electrons. The van der Waals surface area contributed by atoms with Gasteiger partial charge in [-0.3, -0.25) is 0 Å². The molecule has 1 aromatic heterocycles. The van der Waals surface area contributed by atoms with Gasteiger partial charge in [-0.2, -0.15) is 5.26 Å². The second-order valence-electron chi connectivity index (χ2n) is 3.82. The minimum Gasteiger partial charge on any atom is -0.358 e. The topological polar surface area (TPSA) is 84.8 Å². The summed E-state index contributed by atoms with van der Waals surface area (Å²) in [6.07, 6.45) is 1.25. The van der Waals surface area contributed by atoms with Crippen molar-refractivity contribution in [1.82, 2.24) is 9.55 Å². The number of imidazole rings is 1. The summed E-state index contributed by atoms with van der Waals surface area (Å²) in [6.45, 7) is 2.09. The lowest BCUT2D eigenvalue weighted by Gasteiger charge is -2.03. The number of rotatable bonds is 3. The molecule has 0 bridgehead atoms. The third-order valence-corrected chi connectivity index (χ3v) is 2.64. The summed E-state index contributed by atoms with van der Waals surface area (Å²) in [5, 5.41) is 19.5. The highest BCUT2D eigenvalue weighted by Gasteiger charge is 2.17. The Kier molecular flexibility index (Phi) is 3.06. The number of aryl methyl sites for hydroxylation is 1. The van der Waals surface area contributed by atoms with Crippen molar-refractivity contribution in [2.75, 3.05) is 0 Å². The highest BCUT2D eigenvalue weighted by molar-refractivity contribution is 5.32. The minimum absolute atomic E-state index is 0.0307. The molecule has 2 aromatic rings. The molecule has 2 rings (SSSR count). The average Bonchev–Trinajstić information content (AvgIpc) is 2.72. The second kappa shape index (κ2) is 4.67. The minimum atomic E-state index is -0.455. The van der Waals surface area contributed by atoms with E-state index in [1.165, 1.54) is 10.8 Å². The summed E-state index contributed by atoms with van der Waals surface area (Å²) < 4.78 is 1.53. The zero-order chi connectivity index (χ0) is 13.1. The van der Waals surface area contributed by atoms with E-state index < -0.39 is 4.92 Å². The Morgan fingerprint density at radius 3 is 2.67 bits per heavy atom. The van der Waals surface area contributed by atoms with Crippen LogP contribution >= 0.6 is 0 Å². The van der Waals surface area contributed by atoms with E-state index in [1.54, 1.807) is 31.2 Å². The van der Waals surface area contributed by atoms with E-state index in [2.05, 4.69) is 4.98 Å². The molecule has 0 aliphatic carbocycles. The zero-order valence-electron chi connectivity index (χ0n) is 9.70. The van der Waals surface area contributed by atoms with Crippen molar-refractivity contribution in [3.8, 4) is 6.07 Å². The fourth-order valence-corrected chi connectivity index (χ4v) is 1.66. The first kappa shape index (κ1) is 11.8. The summed E-state index contributed by atoms with van der Waals surface area (Å²) in [6, 6.07) is 8.96. The standard InChI is InChI=1S/C12H10N4O2/c1-9-14-7-12(16(17)18)15(9)8-11-4-2-10(6-13)3-5-11/h2-5,7H,8H2,1H3. The van der Waals surface area contributed by atoms with E-state index in [1.807, 2.05) is 6.07 Å². The fourth-order valence-electron chi connectivity index (χ4n) is 1.66. The van der Waals surface area contributed by atoms with Gasteiger partial charge in [0.15, 0.2) is 5.82 Å². The van der Waals surface area contributed by atoms with Crippen molar-refractivity contribution in [1.29, 1.82) is 5.26 Å². The Labute approximate surface area is 103 Å². The van der Waals surface area contributed by atoms with Gasteiger partial charge in [0.1, 0.15) is 12.7 Å². The summed E-state index contributed by atoms with van der Waals surface area (Å²) in [5.74, 6) is 0.558. The van der Waals surface area contributed by atoms with E-state index in [9.17, 15) is 10.1 Å². The molecule has 1 heterocycles. The molecule has 0 aliphatic rings. The van der Waals surface area contributed by atoms with Crippen LogP contribution in [0.2, 0.25) is 0 Å². The van der Waals surface area contributed by atoms with Crippen LogP contribution in [-0.4, -0.2) is 14.5 Å². The van der Waals surface area contributed by atoms with Gasteiger partial charge in [0, 0.05) is 6.92 Å². The number of nitro groups is 1. The van der Waals surface area contributed by atoms with Gasteiger partial charge in [-0.1, -0.05) is 12.1 Å². The molecule has 0 fully saturated rings. The maximum atomic E-state index is 10.8. The van der Waals surface area contributed by atoms with Gasteiger partial charge in [0.25, 0.3) is 0 Å². The van der Waals surface area contributed by atoms with Crippen LogP contribution < -0.4 is 0 Å². The Balaban J connectivity index is 2.31. The quantitative estimate of drug-likeness (QED) is 0.608. The number of hydrogen-bond donors (Lipinski definition) is 0. The molecule has 0 amide bonds. The molecule has 0 atom stereocenters. The highest BCUT2D eigenvalue weighted by Crippen LogP contribution is 2.16. The number of nitriles is 1. The molecule has 6 heteroatoms. The second-order valence-corrected chi connectivity index (χ2v) is 3.82. The number of benzene rings is 1. The molecule has 0 unspecified atom stereocenters. The molecule has 0 aliphatic heterocycles. The summed E-state index contributed by atoms with van der Waals surface area (Å²) in [5.41, 5.74) is 1.45. The summed E-state index contributed by atoms with van der Waals surface area (Å²) >= 11 is 0. The third kappa shape index (κ3) is 2.20. The van der Waals surface area contributed by atoms with Crippen LogP contribution in [0.3, 0.4) is 0 Å². The summed E-state index contributed by atoms with van der Waals surface area (Å²) in [7, 11) is 0. The first-order valence-electron chi connectivity index (χ1n) is 5.27. The van der Waals surface area contributed by atoms with Crippen LogP contribution in [0.5, 0.6) is 0 Å². The maximum Gasteiger partial charge on any atom is 0.343 e. The fraction of sp³-hybridized carbons (Fsp3) is 0.167. The van der Waals surface area contributed by atoms with Gasteiger partial charge in [0.05, 0.1) is 11.6 Å². The molecule has 0 N–H and O–H groups in total. The predicted molar refractivity (Wildman–Crippen MR) is 63.9 cm³/mol. The normalized spacial score (nSPS) is 10.0. The van der Waals surface area contributed by atoms with E-state index in [0.29, 0.717) is 17.9 Å². The predicted octanol–water partition coefficient (Wildman–Crippen LogP) is 2.02. The van der Waals surface area contributed by atoms with Crippen molar-refractivity contribution in [3.05, 3.63) is 57.5 Å². The monoisotopic (exact) mass is 242 g/mol. The summed E-state index contributed by atoms with van der Waals surface area (Å²) in [4.78, 5) is 14.3. The van der Waals surface area contributed by atoms with Crippen LogP contribution in [-0.2, 0) is 6.54 Å². The van der Waals surface area contributed by atoms with Gasteiger partial charge in [-0.05, 0) is 22.6 Å². The lowest BCUT2D eigenvalue weighted by molar-refractivity contribution is -0.392. The lowest BCUT2D eigenvalue weighted by Crippen LogP contribution is -2.06. The van der Waals surface area contributed by atoms with Gasteiger partial charge in [-0.25, -0.2) is 9.55 Å². The first-order chi connectivity index (χ1) is 8.61. The van der Waals surface area contributed by atoms with E-state index in [-0.39, 0.29) is 5.82 Å². The average molecular weight is 242 g/mol. The van der Waals surface area contributed by atoms with E-state index in [4.69, 9.17) is 5.26 Å². The number of nitrogens with zero attached hydrogens (tertiary/aromatic N) is 4. The van der Waals surface area contributed by atoms with Gasteiger partial charge in [0.2, 0.25) is 0 Å². The van der Waals surface area contributed by atoms with Gasteiger partial charge in [-0.15, -0.1) is 0 Å². The van der Waals surface area contributed by atoms with Gasteiger partial charge < -0.3 is 10.1 Å². The van der Waals surface area contributed by atoms with E-state index >= 15 is 0 Å². The number of aromatic nitrogens is 2. The van der Waals surface area contributed by atoms with Crippen LogP contribution in [0.25, 0.3) is 0 Å². The SMILES string of the molecule is Cc1ncc([N+](=O)[O-])n1Cc1ccc(C#N)cc1. The molecule has 18 heavy (non-hydrogen) atoms. The van der Waals surface area contributed by atoms with Crippen LogP contribution in [0.4, 0.5) is 5.82 Å². The van der Waals surface area contributed by atoms with Crippen molar-refractivity contribution < 1.29 is 4.92 Å². The van der Waals surface area contributed by atoms with Crippen LogP contribution in [0.15, 0.2) is 30.5 Å². The molecule has 0 saturated carbocycles. The molecule has 6 nitrogen and oxygen atoms in total. The molecule has 1 aromatic carbocycles. The molecule has 0 spiro atoms. The third-order valence-electron chi connectivity index (χ3n) is 2.64. The van der Waals surface area contributed by atoms with Gasteiger partial charge >= 0.3 is 5.82 Å².